The van der Waals surface area contributed by atoms with Gasteiger partial charge in [-0.2, -0.15) is 0 Å². The summed E-state index contributed by atoms with van der Waals surface area (Å²) in [5.74, 6) is 1.50. The van der Waals surface area contributed by atoms with Gasteiger partial charge >= 0.3 is 5.69 Å². The molecule has 33 heavy (non-hydrogen) atoms. The molecular formula is C23H29N5O5. The van der Waals surface area contributed by atoms with E-state index in [1.807, 2.05) is 23.1 Å². The number of benzene rings is 1. The van der Waals surface area contributed by atoms with Gasteiger partial charge in [0.25, 0.3) is 5.56 Å². The van der Waals surface area contributed by atoms with Crippen molar-refractivity contribution in [1.82, 2.24) is 23.6 Å². The van der Waals surface area contributed by atoms with E-state index < -0.39 is 5.69 Å². The predicted octanol–water partition coefficient (Wildman–Crippen LogP) is 1.42. The summed E-state index contributed by atoms with van der Waals surface area (Å²) in [5.41, 5.74) is 0.816. The van der Waals surface area contributed by atoms with Crippen molar-refractivity contribution in [3.05, 3.63) is 50.9 Å². The molecular weight excluding hydrogens is 426 g/mol. The third kappa shape index (κ3) is 4.37. The number of imidazole rings is 1. The lowest BCUT2D eigenvalue weighted by atomic mass is 10.1. The highest BCUT2D eigenvalue weighted by atomic mass is 16.5. The van der Waals surface area contributed by atoms with Crippen molar-refractivity contribution in [3.63, 3.8) is 0 Å². The van der Waals surface area contributed by atoms with Crippen LogP contribution in [0.2, 0.25) is 0 Å². The van der Waals surface area contributed by atoms with Crippen LogP contribution in [0.1, 0.15) is 31.2 Å². The van der Waals surface area contributed by atoms with Crippen LogP contribution in [0.3, 0.4) is 0 Å². The molecule has 0 saturated heterocycles. The smallest absolute Gasteiger partial charge is 0.332 e. The van der Waals surface area contributed by atoms with Gasteiger partial charge in [-0.1, -0.05) is 0 Å². The van der Waals surface area contributed by atoms with E-state index in [1.165, 1.54) is 11.6 Å². The lowest BCUT2D eigenvalue weighted by Crippen LogP contribution is -2.37. The summed E-state index contributed by atoms with van der Waals surface area (Å²) in [6.07, 6.45) is 4.43. The van der Waals surface area contributed by atoms with E-state index >= 15 is 0 Å². The molecule has 1 aliphatic carbocycles. The molecule has 176 valence electrons. The number of hydrogen-bond acceptors (Lipinski definition) is 6. The van der Waals surface area contributed by atoms with Gasteiger partial charge in [0, 0.05) is 45.2 Å². The molecule has 1 saturated carbocycles. The maximum Gasteiger partial charge on any atom is 0.332 e. The summed E-state index contributed by atoms with van der Waals surface area (Å²) >= 11 is 0. The number of methoxy groups -OCH3 is 2. The molecule has 0 atom stereocenters. The average Bonchev–Trinajstić information content (AvgIpc) is 3.58. The van der Waals surface area contributed by atoms with E-state index in [4.69, 9.17) is 9.47 Å². The topological polar surface area (TPSA) is 101 Å². The van der Waals surface area contributed by atoms with Gasteiger partial charge in [0.05, 0.1) is 20.5 Å². The third-order valence-electron chi connectivity index (χ3n) is 6.14. The fourth-order valence-electron chi connectivity index (χ4n) is 4.11. The molecule has 0 radical (unpaired) electrons. The monoisotopic (exact) mass is 455 g/mol. The number of carbonyl (C=O) groups is 1. The van der Waals surface area contributed by atoms with Crippen LogP contribution in [0.25, 0.3) is 11.2 Å². The van der Waals surface area contributed by atoms with Gasteiger partial charge in [0.2, 0.25) is 5.91 Å². The second kappa shape index (κ2) is 9.13. The number of rotatable bonds is 9. The van der Waals surface area contributed by atoms with Crippen LogP contribution in [0.4, 0.5) is 0 Å². The minimum atomic E-state index is -0.416. The highest BCUT2D eigenvalue weighted by Gasteiger charge is 2.32. The van der Waals surface area contributed by atoms with Gasteiger partial charge in [-0.05, 0) is 37.5 Å². The SMILES string of the molecule is COc1ccc(OC)c(CN(C(=O)CCCn2cnc3c2c(=O)n(C)c(=O)n3C)C2CC2)c1. The summed E-state index contributed by atoms with van der Waals surface area (Å²) in [5, 5.41) is 0. The molecule has 1 aromatic carbocycles. The Kier molecular flexibility index (Phi) is 6.26. The summed E-state index contributed by atoms with van der Waals surface area (Å²) in [4.78, 5) is 44.0. The first-order valence-corrected chi connectivity index (χ1v) is 11.0. The first-order valence-electron chi connectivity index (χ1n) is 11.0. The van der Waals surface area contributed by atoms with Gasteiger partial charge in [-0.15, -0.1) is 0 Å². The van der Waals surface area contributed by atoms with Crippen LogP contribution in [0.5, 0.6) is 11.5 Å². The van der Waals surface area contributed by atoms with Crippen LogP contribution in [-0.2, 0) is 32.0 Å². The standard InChI is InChI=1S/C23H29N5O5/c1-25-21-20(22(30)26(2)23(25)31)27(14-24-21)11-5-6-19(29)28(16-7-8-16)13-15-12-17(32-3)9-10-18(15)33-4/h9-10,12,14,16H,5-8,11,13H2,1-4H3. The van der Waals surface area contributed by atoms with Crippen molar-refractivity contribution in [1.29, 1.82) is 0 Å². The first-order chi connectivity index (χ1) is 15.8. The minimum Gasteiger partial charge on any atom is -0.497 e. The van der Waals surface area contributed by atoms with Gasteiger partial charge in [-0.25, -0.2) is 9.78 Å². The molecule has 2 heterocycles. The second-order valence-corrected chi connectivity index (χ2v) is 8.35. The summed E-state index contributed by atoms with van der Waals surface area (Å²) in [6.45, 7) is 0.914. The van der Waals surface area contributed by atoms with E-state index in [0.29, 0.717) is 37.1 Å². The first kappa shape index (κ1) is 22.6. The second-order valence-electron chi connectivity index (χ2n) is 8.35. The highest BCUT2D eigenvalue weighted by molar-refractivity contribution is 5.77. The maximum atomic E-state index is 13.1. The normalized spacial score (nSPS) is 13.3. The molecule has 2 aromatic heterocycles. The number of fused-ring (bicyclic) bond motifs is 1. The largest absolute Gasteiger partial charge is 0.497 e. The molecule has 1 amide bonds. The van der Waals surface area contributed by atoms with Crippen LogP contribution >= 0.6 is 0 Å². The molecule has 10 nitrogen and oxygen atoms in total. The van der Waals surface area contributed by atoms with Crippen LogP contribution in [0.15, 0.2) is 34.1 Å². The maximum absolute atomic E-state index is 13.1. The van der Waals surface area contributed by atoms with Crippen molar-refractivity contribution >= 4 is 17.1 Å². The summed E-state index contributed by atoms with van der Waals surface area (Å²) < 4.78 is 15.0. The Hall–Kier alpha value is -3.56. The molecule has 0 spiro atoms. The van der Waals surface area contributed by atoms with Gasteiger partial charge in [-0.3, -0.25) is 18.7 Å². The molecule has 3 aromatic rings. The van der Waals surface area contributed by atoms with Crippen LogP contribution in [-0.4, -0.2) is 49.8 Å². The zero-order valence-electron chi connectivity index (χ0n) is 19.4. The van der Waals surface area contributed by atoms with Crippen LogP contribution in [0, 0.1) is 0 Å². The van der Waals surface area contributed by atoms with Crippen molar-refractivity contribution in [2.75, 3.05) is 14.2 Å². The number of nitrogens with zero attached hydrogens (tertiary/aromatic N) is 5. The van der Waals surface area contributed by atoms with Gasteiger partial charge < -0.3 is 18.9 Å². The van der Waals surface area contributed by atoms with Gasteiger partial charge in [0.1, 0.15) is 11.5 Å². The summed E-state index contributed by atoms with van der Waals surface area (Å²) in [6, 6.07) is 5.83. The molecule has 0 N–H and O–H groups in total. The Morgan fingerprint density at radius 3 is 2.58 bits per heavy atom. The molecule has 0 bridgehead atoms. The van der Waals surface area contributed by atoms with Crippen LogP contribution < -0.4 is 20.7 Å². The molecule has 1 fully saturated rings. The molecule has 0 unspecified atom stereocenters. The highest BCUT2D eigenvalue weighted by Crippen LogP contribution is 2.32. The Bertz CT molecular complexity index is 1300. The lowest BCUT2D eigenvalue weighted by Gasteiger charge is -2.24. The molecule has 0 aliphatic heterocycles. The quantitative estimate of drug-likeness (QED) is 0.484. The van der Waals surface area contributed by atoms with Crippen molar-refractivity contribution < 1.29 is 14.3 Å². The number of amides is 1. The van der Waals surface area contributed by atoms with E-state index in [9.17, 15) is 14.4 Å². The van der Waals surface area contributed by atoms with Crippen molar-refractivity contribution in [2.45, 2.75) is 44.8 Å². The minimum absolute atomic E-state index is 0.0621. The van der Waals surface area contributed by atoms with Crippen molar-refractivity contribution in [3.8, 4) is 11.5 Å². The fourth-order valence-corrected chi connectivity index (χ4v) is 4.11. The van der Waals surface area contributed by atoms with Gasteiger partial charge in [0.15, 0.2) is 11.2 Å². The third-order valence-corrected chi connectivity index (χ3v) is 6.14. The fraction of sp³-hybridized carbons (Fsp3) is 0.478. The Balaban J connectivity index is 1.47. The number of aromatic nitrogens is 4. The summed E-state index contributed by atoms with van der Waals surface area (Å²) in [7, 11) is 6.27. The predicted molar refractivity (Wildman–Crippen MR) is 123 cm³/mol. The van der Waals surface area contributed by atoms with E-state index in [-0.39, 0.29) is 17.5 Å². The molecule has 10 heteroatoms. The molecule has 1 aliphatic rings. The Labute approximate surface area is 191 Å². The Morgan fingerprint density at radius 1 is 1.15 bits per heavy atom. The van der Waals surface area contributed by atoms with E-state index in [1.54, 1.807) is 32.2 Å². The molecule has 4 rings (SSSR count). The number of aryl methyl sites for hydroxylation is 2. The number of hydrogen-bond donors (Lipinski definition) is 0. The Morgan fingerprint density at radius 2 is 1.91 bits per heavy atom. The average molecular weight is 456 g/mol. The zero-order chi connectivity index (χ0) is 23.7. The lowest BCUT2D eigenvalue weighted by molar-refractivity contribution is -0.132. The zero-order valence-corrected chi connectivity index (χ0v) is 19.4. The van der Waals surface area contributed by atoms with E-state index in [2.05, 4.69) is 4.98 Å². The van der Waals surface area contributed by atoms with E-state index in [0.717, 1.165) is 34.5 Å². The number of ether oxygens (including phenoxy) is 2. The number of carbonyl (C=O) groups excluding carboxylic acids is 1. The van der Waals surface area contributed by atoms with Crippen molar-refractivity contribution in [2.24, 2.45) is 14.1 Å².